The van der Waals surface area contributed by atoms with Gasteiger partial charge >= 0.3 is 0 Å². The molecule has 3 aromatic carbocycles. The molecule has 0 bridgehead atoms. The number of nitrogens with one attached hydrogen (secondary N) is 1. The van der Waals surface area contributed by atoms with Crippen LogP contribution in [0.1, 0.15) is 18.1 Å². The van der Waals surface area contributed by atoms with Crippen molar-refractivity contribution in [3.05, 3.63) is 99.0 Å². The molecule has 0 saturated carbocycles. The zero-order valence-electron chi connectivity index (χ0n) is 20.9. The van der Waals surface area contributed by atoms with Gasteiger partial charge in [-0.3, -0.25) is 13.9 Å². The lowest BCUT2D eigenvalue weighted by Gasteiger charge is -2.33. The maximum Gasteiger partial charge on any atom is 0.244 e. The smallest absolute Gasteiger partial charge is 0.244 e. The predicted octanol–water partition coefficient (Wildman–Crippen LogP) is 5.19. The number of amides is 2. The Morgan fingerprint density at radius 2 is 1.61 bits per heavy atom. The van der Waals surface area contributed by atoms with E-state index in [0.717, 1.165) is 16.1 Å². The van der Waals surface area contributed by atoms with Gasteiger partial charge in [-0.15, -0.1) is 0 Å². The first-order valence-electron chi connectivity index (χ1n) is 11.8. The summed E-state index contributed by atoms with van der Waals surface area (Å²) in [5.41, 5.74) is 1.62. The van der Waals surface area contributed by atoms with Gasteiger partial charge in [0.15, 0.2) is 0 Å². The van der Waals surface area contributed by atoms with E-state index in [1.807, 2.05) is 30.3 Å². The average Bonchev–Trinajstić information content (AvgIpc) is 2.85. The summed E-state index contributed by atoms with van der Waals surface area (Å²) < 4.78 is 26.5. The first-order chi connectivity index (χ1) is 18.0. The second-order valence-corrected chi connectivity index (χ2v) is 11.8. The summed E-state index contributed by atoms with van der Waals surface area (Å²) in [7, 11) is -3.88. The van der Waals surface area contributed by atoms with Crippen molar-refractivity contribution in [1.82, 2.24) is 10.2 Å². The second kappa shape index (κ2) is 13.3. The monoisotopic (exact) mass is 595 g/mol. The first kappa shape index (κ1) is 29.8. The van der Waals surface area contributed by atoms with E-state index < -0.39 is 28.5 Å². The molecule has 0 radical (unpaired) electrons. The molecule has 1 atom stereocenters. The van der Waals surface area contributed by atoms with E-state index in [2.05, 4.69) is 5.32 Å². The van der Waals surface area contributed by atoms with Crippen LogP contribution in [0.4, 0.5) is 5.69 Å². The molecule has 38 heavy (non-hydrogen) atoms. The van der Waals surface area contributed by atoms with Crippen LogP contribution in [-0.2, 0) is 32.6 Å². The largest absolute Gasteiger partial charge is 0.355 e. The van der Waals surface area contributed by atoms with E-state index in [1.165, 1.54) is 11.0 Å². The zero-order chi connectivity index (χ0) is 27.9. The van der Waals surface area contributed by atoms with Gasteiger partial charge in [0.2, 0.25) is 21.8 Å². The van der Waals surface area contributed by atoms with Crippen LogP contribution in [0.5, 0.6) is 0 Å². The third-order valence-electron chi connectivity index (χ3n) is 5.75. The second-order valence-electron chi connectivity index (χ2n) is 8.61. The van der Waals surface area contributed by atoms with Gasteiger partial charge < -0.3 is 10.2 Å². The maximum atomic E-state index is 13.9. The average molecular weight is 597 g/mol. The van der Waals surface area contributed by atoms with E-state index in [4.69, 9.17) is 34.8 Å². The number of likely N-dealkylation sites (N-methyl/N-ethyl adjacent to an activating group) is 1. The molecule has 11 heteroatoms. The summed E-state index contributed by atoms with van der Waals surface area (Å²) in [6.07, 6.45) is 1.21. The first-order valence-corrected chi connectivity index (χ1v) is 14.8. The summed E-state index contributed by atoms with van der Waals surface area (Å²) in [4.78, 5) is 28.6. The molecule has 0 heterocycles. The lowest BCUT2D eigenvalue weighted by molar-refractivity contribution is -0.140. The number of halogens is 3. The van der Waals surface area contributed by atoms with E-state index in [9.17, 15) is 18.0 Å². The van der Waals surface area contributed by atoms with Gasteiger partial charge in [-0.2, -0.15) is 0 Å². The van der Waals surface area contributed by atoms with Crippen LogP contribution >= 0.6 is 34.8 Å². The van der Waals surface area contributed by atoms with Crippen molar-refractivity contribution < 1.29 is 18.0 Å². The van der Waals surface area contributed by atoms with E-state index in [-0.39, 0.29) is 24.6 Å². The Morgan fingerprint density at radius 1 is 0.921 bits per heavy atom. The molecule has 0 saturated heterocycles. The van der Waals surface area contributed by atoms with Gasteiger partial charge in [0.05, 0.1) is 11.9 Å². The molecule has 0 aromatic heterocycles. The van der Waals surface area contributed by atoms with Crippen molar-refractivity contribution in [1.29, 1.82) is 0 Å². The number of benzene rings is 3. The minimum Gasteiger partial charge on any atom is -0.355 e. The Hall–Kier alpha value is -2.78. The Morgan fingerprint density at radius 3 is 2.21 bits per heavy atom. The molecule has 0 aliphatic rings. The number of hydrogen-bond donors (Lipinski definition) is 1. The van der Waals surface area contributed by atoms with Gasteiger partial charge in [-0.05, 0) is 48.4 Å². The molecular formula is C27H28Cl3N3O4S. The van der Waals surface area contributed by atoms with E-state index in [1.54, 1.807) is 43.3 Å². The van der Waals surface area contributed by atoms with E-state index >= 15 is 0 Å². The minimum absolute atomic E-state index is 0.0450. The normalized spacial score (nSPS) is 12.0. The Kier molecular flexibility index (Phi) is 10.4. The van der Waals surface area contributed by atoms with Crippen molar-refractivity contribution in [2.75, 3.05) is 23.7 Å². The lowest BCUT2D eigenvalue weighted by Crippen LogP contribution is -2.53. The van der Waals surface area contributed by atoms with E-state index in [0.29, 0.717) is 27.2 Å². The molecule has 7 nitrogen and oxygen atoms in total. The number of hydrogen-bond acceptors (Lipinski definition) is 4. The molecule has 3 rings (SSSR count). The molecule has 0 spiro atoms. The fourth-order valence-corrected chi connectivity index (χ4v) is 5.42. The molecule has 2 amide bonds. The standard InChI is InChI=1S/C27H28Cl3N3O4S/c1-3-31-27(35)25(14-19-8-5-4-6-9-19)32(17-20-12-13-22(29)16-24(20)30)26(34)18-33(38(2,36)37)23-11-7-10-21(28)15-23/h4-13,15-16,25H,3,14,17-18H2,1-2H3,(H,31,35). The van der Waals surface area contributed by atoms with Crippen LogP contribution in [0.3, 0.4) is 0 Å². The molecule has 0 aliphatic carbocycles. The third kappa shape index (κ3) is 8.11. The quantitative estimate of drug-likeness (QED) is 0.330. The van der Waals surface area contributed by atoms with Crippen LogP contribution in [0.2, 0.25) is 15.1 Å². The van der Waals surface area contributed by atoms with Crippen LogP contribution < -0.4 is 9.62 Å². The van der Waals surface area contributed by atoms with Crippen molar-refractivity contribution >= 4 is 62.3 Å². The molecule has 0 fully saturated rings. The highest BCUT2D eigenvalue weighted by atomic mass is 35.5. The molecule has 0 aliphatic heterocycles. The topological polar surface area (TPSA) is 86.8 Å². The number of rotatable bonds is 11. The highest BCUT2D eigenvalue weighted by molar-refractivity contribution is 7.92. The van der Waals surface area contributed by atoms with Gasteiger partial charge in [-0.1, -0.05) is 77.3 Å². The SMILES string of the molecule is CCNC(=O)C(Cc1ccccc1)N(Cc1ccc(Cl)cc1Cl)C(=O)CN(c1cccc(Cl)c1)S(C)(=O)=O. The number of anilines is 1. The van der Waals surface area contributed by atoms with Gasteiger partial charge in [-0.25, -0.2) is 8.42 Å². The van der Waals surface area contributed by atoms with Gasteiger partial charge in [0, 0.05) is 34.6 Å². The third-order valence-corrected chi connectivity index (χ3v) is 7.72. The summed E-state index contributed by atoms with van der Waals surface area (Å²) in [5.74, 6) is -0.961. The predicted molar refractivity (Wildman–Crippen MR) is 153 cm³/mol. The number of nitrogens with zero attached hydrogens (tertiary/aromatic N) is 2. The van der Waals surface area contributed by atoms with Crippen LogP contribution in [0, 0.1) is 0 Å². The highest BCUT2D eigenvalue weighted by Crippen LogP contribution is 2.26. The maximum absolute atomic E-state index is 13.9. The van der Waals surface area contributed by atoms with Crippen LogP contribution in [0.25, 0.3) is 0 Å². The Labute approximate surface area is 238 Å². The van der Waals surface area contributed by atoms with Crippen LogP contribution in [-0.4, -0.2) is 50.5 Å². The number of carbonyl (C=O) groups is 2. The Bertz CT molecular complexity index is 1390. The molecule has 202 valence electrons. The van der Waals surface area contributed by atoms with Gasteiger partial charge in [0.25, 0.3) is 0 Å². The Balaban J connectivity index is 2.07. The molecular weight excluding hydrogens is 569 g/mol. The fraction of sp³-hybridized carbons (Fsp3) is 0.259. The lowest BCUT2D eigenvalue weighted by atomic mass is 10.0. The number of carbonyl (C=O) groups excluding carboxylic acids is 2. The zero-order valence-corrected chi connectivity index (χ0v) is 24.0. The molecule has 1 unspecified atom stereocenters. The summed E-state index contributed by atoms with van der Waals surface area (Å²) in [5, 5.41) is 3.86. The van der Waals surface area contributed by atoms with Gasteiger partial charge in [0.1, 0.15) is 12.6 Å². The molecule has 1 N–H and O–H groups in total. The minimum atomic E-state index is -3.88. The number of sulfonamides is 1. The fourth-order valence-electron chi connectivity index (χ4n) is 3.92. The van der Waals surface area contributed by atoms with Crippen molar-refractivity contribution in [3.8, 4) is 0 Å². The summed E-state index contributed by atoms with van der Waals surface area (Å²) in [6, 6.07) is 19.4. The molecule has 3 aromatic rings. The van der Waals surface area contributed by atoms with Crippen molar-refractivity contribution in [2.24, 2.45) is 0 Å². The summed E-state index contributed by atoms with van der Waals surface area (Å²) >= 11 is 18.6. The van der Waals surface area contributed by atoms with Crippen molar-refractivity contribution in [2.45, 2.75) is 25.9 Å². The van der Waals surface area contributed by atoms with Crippen LogP contribution in [0.15, 0.2) is 72.8 Å². The summed E-state index contributed by atoms with van der Waals surface area (Å²) in [6.45, 7) is 1.54. The van der Waals surface area contributed by atoms with Crippen molar-refractivity contribution in [3.63, 3.8) is 0 Å². The highest BCUT2D eigenvalue weighted by Gasteiger charge is 2.33.